The van der Waals surface area contributed by atoms with Crippen LogP contribution in [0.5, 0.6) is 0 Å². The number of β-amino-alcohol motifs (C(OH)–C–C–N with tert-alkyl or cyclic N) is 1. The Bertz CT molecular complexity index is 265. The van der Waals surface area contributed by atoms with Crippen molar-refractivity contribution >= 4 is 6.09 Å². The standard InChI is InChI=1S/C9H15F3N2O3/c1-17-8(16)14-4-2-13(3-5-14)6-7(15)9(10,11)12/h7,15H,2-6H2,1H3/t7-/m0/s1. The fraction of sp³-hybridized carbons (Fsp3) is 0.889. The molecule has 1 heterocycles. The highest BCUT2D eigenvalue weighted by Gasteiger charge is 2.39. The number of nitrogens with zero attached hydrogens (tertiary/aromatic N) is 2. The van der Waals surface area contributed by atoms with E-state index in [1.165, 1.54) is 16.9 Å². The van der Waals surface area contributed by atoms with Crippen LogP contribution in [0, 0.1) is 0 Å². The van der Waals surface area contributed by atoms with E-state index in [2.05, 4.69) is 4.74 Å². The molecule has 5 nitrogen and oxygen atoms in total. The SMILES string of the molecule is COC(=O)N1CCN(C[C@H](O)C(F)(F)F)CC1. The minimum Gasteiger partial charge on any atom is -0.453 e. The molecule has 0 spiro atoms. The Balaban J connectivity index is 2.35. The van der Waals surface area contributed by atoms with E-state index in [0.29, 0.717) is 26.2 Å². The molecule has 1 aliphatic rings. The molecule has 1 atom stereocenters. The van der Waals surface area contributed by atoms with Gasteiger partial charge in [-0.3, -0.25) is 4.90 Å². The van der Waals surface area contributed by atoms with Crippen molar-refractivity contribution in [1.82, 2.24) is 9.80 Å². The summed E-state index contributed by atoms with van der Waals surface area (Å²) in [5.41, 5.74) is 0. The van der Waals surface area contributed by atoms with Crippen molar-refractivity contribution < 1.29 is 27.8 Å². The molecule has 100 valence electrons. The summed E-state index contributed by atoms with van der Waals surface area (Å²) in [6.45, 7) is 0.734. The second kappa shape index (κ2) is 5.54. The fourth-order valence-corrected chi connectivity index (χ4v) is 1.59. The zero-order valence-corrected chi connectivity index (χ0v) is 9.40. The van der Waals surface area contributed by atoms with Gasteiger partial charge in [-0.15, -0.1) is 0 Å². The Labute approximate surface area is 96.7 Å². The minimum atomic E-state index is -4.60. The van der Waals surface area contributed by atoms with Gasteiger partial charge >= 0.3 is 12.3 Å². The van der Waals surface area contributed by atoms with E-state index in [-0.39, 0.29) is 0 Å². The number of carbonyl (C=O) groups is 1. The maximum Gasteiger partial charge on any atom is 0.415 e. The fourth-order valence-electron chi connectivity index (χ4n) is 1.59. The van der Waals surface area contributed by atoms with Gasteiger partial charge < -0.3 is 14.7 Å². The van der Waals surface area contributed by atoms with Crippen molar-refractivity contribution in [2.45, 2.75) is 12.3 Å². The van der Waals surface area contributed by atoms with Crippen molar-refractivity contribution in [3.63, 3.8) is 0 Å². The summed E-state index contributed by atoms with van der Waals surface area (Å²) in [6, 6.07) is 0. The number of methoxy groups -OCH3 is 1. The van der Waals surface area contributed by atoms with E-state index in [9.17, 15) is 18.0 Å². The number of carbonyl (C=O) groups excluding carboxylic acids is 1. The topological polar surface area (TPSA) is 53.0 Å². The molecule has 0 aromatic rings. The van der Waals surface area contributed by atoms with Gasteiger partial charge in [-0.25, -0.2) is 4.79 Å². The first-order chi connectivity index (χ1) is 7.84. The molecular formula is C9H15F3N2O3. The molecule has 1 amide bonds. The maximum absolute atomic E-state index is 12.1. The number of amides is 1. The van der Waals surface area contributed by atoms with Gasteiger partial charge in [0.25, 0.3) is 0 Å². The minimum absolute atomic E-state index is 0.294. The average molecular weight is 256 g/mol. The normalized spacial score (nSPS) is 20.2. The molecule has 1 saturated heterocycles. The summed E-state index contributed by atoms with van der Waals surface area (Å²) in [5, 5.41) is 8.89. The number of aliphatic hydroxyl groups is 1. The first kappa shape index (κ1) is 14.0. The van der Waals surface area contributed by atoms with Crippen molar-refractivity contribution in [2.75, 3.05) is 39.8 Å². The molecule has 0 aliphatic carbocycles. The predicted octanol–water partition coefficient (Wildman–Crippen LogP) is 0.294. The zero-order chi connectivity index (χ0) is 13.1. The lowest BCUT2D eigenvalue weighted by Gasteiger charge is -2.34. The third-order valence-corrected chi connectivity index (χ3v) is 2.61. The third kappa shape index (κ3) is 4.04. The summed E-state index contributed by atoms with van der Waals surface area (Å²) in [5.74, 6) is 0. The van der Waals surface area contributed by atoms with Crippen molar-refractivity contribution in [2.24, 2.45) is 0 Å². The van der Waals surface area contributed by atoms with Gasteiger partial charge in [0, 0.05) is 32.7 Å². The van der Waals surface area contributed by atoms with Crippen LogP contribution in [0.15, 0.2) is 0 Å². The Morgan fingerprint density at radius 3 is 2.29 bits per heavy atom. The summed E-state index contributed by atoms with van der Waals surface area (Å²) in [4.78, 5) is 14.0. The monoisotopic (exact) mass is 256 g/mol. The number of halogens is 3. The second-order valence-electron chi connectivity index (χ2n) is 3.82. The molecule has 0 bridgehead atoms. The molecule has 0 unspecified atom stereocenters. The molecule has 1 aliphatic heterocycles. The Hall–Kier alpha value is -1.02. The number of aliphatic hydroxyl groups excluding tert-OH is 1. The van der Waals surface area contributed by atoms with Crippen LogP contribution in [0.3, 0.4) is 0 Å². The van der Waals surface area contributed by atoms with Crippen molar-refractivity contribution in [3.05, 3.63) is 0 Å². The van der Waals surface area contributed by atoms with Crippen LogP contribution in [-0.2, 0) is 4.74 Å². The molecule has 0 radical (unpaired) electrons. The van der Waals surface area contributed by atoms with Crippen molar-refractivity contribution in [3.8, 4) is 0 Å². The van der Waals surface area contributed by atoms with Crippen molar-refractivity contribution in [1.29, 1.82) is 0 Å². The zero-order valence-electron chi connectivity index (χ0n) is 9.40. The van der Waals surface area contributed by atoms with Crippen LogP contribution >= 0.6 is 0 Å². The number of ether oxygens (including phenoxy) is 1. The van der Waals surface area contributed by atoms with E-state index in [4.69, 9.17) is 5.11 Å². The van der Waals surface area contributed by atoms with Gasteiger partial charge in [0.1, 0.15) is 0 Å². The highest BCUT2D eigenvalue weighted by Crippen LogP contribution is 2.21. The lowest BCUT2D eigenvalue weighted by molar-refractivity contribution is -0.208. The Kier molecular flexibility index (Phi) is 4.58. The van der Waals surface area contributed by atoms with Gasteiger partial charge in [-0.2, -0.15) is 13.2 Å². The summed E-state index contributed by atoms with van der Waals surface area (Å²) in [7, 11) is 1.25. The van der Waals surface area contributed by atoms with Crippen LogP contribution in [-0.4, -0.2) is 73.1 Å². The molecule has 0 aromatic heterocycles. The van der Waals surface area contributed by atoms with Crippen LogP contribution in [0.25, 0.3) is 0 Å². The Morgan fingerprint density at radius 1 is 1.35 bits per heavy atom. The summed E-state index contributed by atoms with van der Waals surface area (Å²) >= 11 is 0. The highest BCUT2D eigenvalue weighted by atomic mass is 19.4. The molecule has 8 heteroatoms. The summed E-state index contributed by atoms with van der Waals surface area (Å²) < 4.78 is 40.8. The van der Waals surface area contributed by atoms with Crippen LogP contribution in [0.4, 0.5) is 18.0 Å². The van der Waals surface area contributed by atoms with E-state index < -0.39 is 24.9 Å². The summed E-state index contributed by atoms with van der Waals surface area (Å²) in [6.07, 6.45) is -7.42. The molecule has 1 fully saturated rings. The molecule has 1 rings (SSSR count). The molecule has 0 saturated carbocycles. The van der Waals surface area contributed by atoms with E-state index >= 15 is 0 Å². The number of piperazine rings is 1. The molecule has 0 aromatic carbocycles. The van der Waals surface area contributed by atoms with E-state index in [1.54, 1.807) is 0 Å². The lowest BCUT2D eigenvalue weighted by atomic mass is 10.2. The lowest BCUT2D eigenvalue weighted by Crippen LogP contribution is -2.52. The van der Waals surface area contributed by atoms with Gasteiger partial charge in [0.05, 0.1) is 7.11 Å². The van der Waals surface area contributed by atoms with Crippen LogP contribution in [0.1, 0.15) is 0 Å². The predicted molar refractivity (Wildman–Crippen MR) is 52.5 cm³/mol. The average Bonchev–Trinajstić information content (AvgIpc) is 2.27. The van der Waals surface area contributed by atoms with E-state index in [1.807, 2.05) is 0 Å². The highest BCUT2D eigenvalue weighted by molar-refractivity contribution is 5.67. The molecule has 1 N–H and O–H groups in total. The smallest absolute Gasteiger partial charge is 0.415 e. The van der Waals surface area contributed by atoms with Gasteiger partial charge in [-0.1, -0.05) is 0 Å². The first-order valence-corrected chi connectivity index (χ1v) is 5.14. The van der Waals surface area contributed by atoms with Gasteiger partial charge in [0.15, 0.2) is 6.10 Å². The number of hydrogen-bond donors (Lipinski definition) is 1. The van der Waals surface area contributed by atoms with Crippen LogP contribution in [0.2, 0.25) is 0 Å². The third-order valence-electron chi connectivity index (χ3n) is 2.61. The van der Waals surface area contributed by atoms with Gasteiger partial charge in [0.2, 0.25) is 0 Å². The van der Waals surface area contributed by atoms with E-state index in [0.717, 1.165) is 0 Å². The largest absolute Gasteiger partial charge is 0.453 e. The Morgan fingerprint density at radius 2 is 1.88 bits per heavy atom. The first-order valence-electron chi connectivity index (χ1n) is 5.14. The van der Waals surface area contributed by atoms with Crippen LogP contribution < -0.4 is 0 Å². The molecular weight excluding hydrogens is 241 g/mol. The second-order valence-corrected chi connectivity index (χ2v) is 3.82. The van der Waals surface area contributed by atoms with Gasteiger partial charge in [-0.05, 0) is 0 Å². The molecule has 17 heavy (non-hydrogen) atoms. The number of alkyl halides is 3. The number of hydrogen-bond acceptors (Lipinski definition) is 4. The quantitative estimate of drug-likeness (QED) is 0.771. The number of rotatable bonds is 2. The maximum atomic E-state index is 12.1.